The monoisotopic (exact) mass is 395 g/mol. The number of piperidine rings is 1. The maximum Gasteiger partial charge on any atom is 0.229 e. The third kappa shape index (κ3) is 4.80. The van der Waals surface area contributed by atoms with Crippen molar-refractivity contribution in [2.75, 3.05) is 28.6 Å². The topological polar surface area (TPSA) is 53.1 Å². The van der Waals surface area contributed by atoms with Gasteiger partial charge in [-0.3, -0.25) is 0 Å². The van der Waals surface area contributed by atoms with Crippen LogP contribution in [0.2, 0.25) is 0 Å². The van der Waals surface area contributed by atoms with Crippen LogP contribution in [0.3, 0.4) is 0 Å². The summed E-state index contributed by atoms with van der Waals surface area (Å²) in [5.74, 6) is 0.266. The van der Waals surface area contributed by atoms with Crippen LogP contribution in [-0.4, -0.2) is 23.1 Å². The molecule has 4 rings (SSSR count). The van der Waals surface area contributed by atoms with Gasteiger partial charge < -0.3 is 15.5 Å². The van der Waals surface area contributed by atoms with E-state index in [1.54, 1.807) is 12.3 Å². The SMILES string of the molecule is CC1CCN(c2ccc(Nc3ccnc(Nc4ccc(F)cc4F)n3)cc2)CC1. The van der Waals surface area contributed by atoms with Crippen LogP contribution < -0.4 is 15.5 Å². The molecule has 0 radical (unpaired) electrons. The van der Waals surface area contributed by atoms with Crippen LogP contribution in [0.1, 0.15) is 19.8 Å². The van der Waals surface area contributed by atoms with Gasteiger partial charge in [0.1, 0.15) is 17.5 Å². The second kappa shape index (κ2) is 8.43. The van der Waals surface area contributed by atoms with E-state index in [1.165, 1.54) is 30.7 Å². The Morgan fingerprint density at radius 3 is 2.45 bits per heavy atom. The lowest BCUT2D eigenvalue weighted by Gasteiger charge is -2.32. The van der Waals surface area contributed by atoms with E-state index in [1.807, 2.05) is 12.1 Å². The summed E-state index contributed by atoms with van der Waals surface area (Å²) in [4.78, 5) is 10.8. The average Bonchev–Trinajstić information content (AvgIpc) is 2.72. The Balaban J connectivity index is 1.42. The van der Waals surface area contributed by atoms with Gasteiger partial charge >= 0.3 is 0 Å². The largest absolute Gasteiger partial charge is 0.372 e. The van der Waals surface area contributed by atoms with Crippen LogP contribution in [0.25, 0.3) is 0 Å². The minimum Gasteiger partial charge on any atom is -0.372 e. The third-order valence-corrected chi connectivity index (χ3v) is 5.12. The van der Waals surface area contributed by atoms with Gasteiger partial charge in [-0.2, -0.15) is 4.98 Å². The van der Waals surface area contributed by atoms with Crippen LogP contribution in [0.5, 0.6) is 0 Å². The molecule has 5 nitrogen and oxygen atoms in total. The molecule has 0 spiro atoms. The first kappa shape index (κ1) is 19.1. The molecular formula is C22H23F2N5. The first-order chi connectivity index (χ1) is 14.1. The minimum atomic E-state index is -0.699. The van der Waals surface area contributed by atoms with Gasteiger partial charge in [0.25, 0.3) is 0 Å². The summed E-state index contributed by atoms with van der Waals surface area (Å²) in [5, 5.41) is 6.00. The molecule has 2 heterocycles. The molecule has 2 aromatic carbocycles. The molecule has 1 aliphatic heterocycles. The fourth-order valence-electron chi connectivity index (χ4n) is 3.37. The van der Waals surface area contributed by atoms with E-state index in [2.05, 4.69) is 44.6 Å². The quantitative estimate of drug-likeness (QED) is 0.599. The van der Waals surface area contributed by atoms with Crippen molar-refractivity contribution in [1.29, 1.82) is 0 Å². The number of nitrogens with one attached hydrogen (secondary N) is 2. The van der Waals surface area contributed by atoms with Gasteiger partial charge in [0.15, 0.2) is 0 Å². The fourth-order valence-corrected chi connectivity index (χ4v) is 3.37. The fraction of sp³-hybridized carbons (Fsp3) is 0.273. The van der Waals surface area contributed by atoms with Gasteiger partial charge in [0.05, 0.1) is 5.69 Å². The van der Waals surface area contributed by atoms with Crippen LogP contribution >= 0.6 is 0 Å². The first-order valence-electron chi connectivity index (χ1n) is 9.74. The molecule has 7 heteroatoms. The Kier molecular flexibility index (Phi) is 5.55. The number of hydrogen-bond donors (Lipinski definition) is 2. The van der Waals surface area contributed by atoms with Gasteiger partial charge in [-0.1, -0.05) is 6.92 Å². The lowest BCUT2D eigenvalue weighted by Crippen LogP contribution is -2.32. The third-order valence-electron chi connectivity index (χ3n) is 5.12. The van der Waals surface area contributed by atoms with Crippen molar-refractivity contribution in [3.05, 3.63) is 66.4 Å². The van der Waals surface area contributed by atoms with E-state index >= 15 is 0 Å². The molecule has 0 bridgehead atoms. The van der Waals surface area contributed by atoms with Crippen LogP contribution in [-0.2, 0) is 0 Å². The van der Waals surface area contributed by atoms with E-state index in [9.17, 15) is 8.78 Å². The van der Waals surface area contributed by atoms with E-state index in [4.69, 9.17) is 0 Å². The number of halogens is 2. The summed E-state index contributed by atoms with van der Waals surface area (Å²) < 4.78 is 26.9. The summed E-state index contributed by atoms with van der Waals surface area (Å²) in [6, 6.07) is 13.3. The maximum absolute atomic E-state index is 13.8. The predicted octanol–water partition coefficient (Wildman–Crippen LogP) is 5.48. The van der Waals surface area contributed by atoms with Crippen molar-refractivity contribution in [1.82, 2.24) is 9.97 Å². The molecule has 0 saturated carbocycles. The summed E-state index contributed by atoms with van der Waals surface area (Å²) >= 11 is 0. The summed E-state index contributed by atoms with van der Waals surface area (Å²) in [6.07, 6.45) is 4.03. The van der Waals surface area contributed by atoms with Gasteiger partial charge in [-0.15, -0.1) is 0 Å². The Morgan fingerprint density at radius 2 is 1.72 bits per heavy atom. The molecule has 0 unspecified atom stereocenters. The molecule has 0 atom stereocenters. The molecule has 1 aliphatic rings. The van der Waals surface area contributed by atoms with Gasteiger partial charge in [0, 0.05) is 36.7 Å². The molecule has 1 aromatic heterocycles. The summed E-state index contributed by atoms with van der Waals surface area (Å²) in [5.41, 5.74) is 2.24. The normalized spacial score (nSPS) is 14.7. The Hall–Kier alpha value is -3.22. The number of hydrogen-bond acceptors (Lipinski definition) is 5. The van der Waals surface area contributed by atoms with E-state index < -0.39 is 11.6 Å². The number of nitrogens with zero attached hydrogens (tertiary/aromatic N) is 3. The van der Waals surface area contributed by atoms with Crippen molar-refractivity contribution in [2.45, 2.75) is 19.8 Å². The van der Waals surface area contributed by atoms with Crippen molar-refractivity contribution < 1.29 is 8.78 Å². The van der Waals surface area contributed by atoms with Crippen molar-refractivity contribution in [2.24, 2.45) is 5.92 Å². The van der Waals surface area contributed by atoms with E-state index in [-0.39, 0.29) is 11.6 Å². The smallest absolute Gasteiger partial charge is 0.229 e. The second-order valence-electron chi connectivity index (χ2n) is 7.36. The summed E-state index contributed by atoms with van der Waals surface area (Å²) in [6.45, 7) is 4.49. The number of anilines is 5. The predicted molar refractivity (Wildman–Crippen MR) is 112 cm³/mol. The van der Waals surface area contributed by atoms with Crippen molar-refractivity contribution in [3.8, 4) is 0 Å². The molecular weight excluding hydrogens is 372 g/mol. The molecule has 0 aliphatic carbocycles. The zero-order chi connectivity index (χ0) is 20.2. The maximum atomic E-state index is 13.8. The average molecular weight is 395 g/mol. The van der Waals surface area contributed by atoms with Crippen LogP contribution in [0.15, 0.2) is 54.7 Å². The van der Waals surface area contributed by atoms with Gasteiger partial charge in [0.2, 0.25) is 5.95 Å². The highest BCUT2D eigenvalue weighted by molar-refractivity contribution is 5.62. The molecule has 1 saturated heterocycles. The van der Waals surface area contributed by atoms with E-state index in [0.717, 1.165) is 30.8 Å². The highest BCUT2D eigenvalue weighted by Crippen LogP contribution is 2.25. The zero-order valence-corrected chi connectivity index (χ0v) is 16.2. The highest BCUT2D eigenvalue weighted by Gasteiger charge is 2.15. The van der Waals surface area contributed by atoms with Crippen LogP contribution in [0.4, 0.5) is 37.6 Å². The first-order valence-corrected chi connectivity index (χ1v) is 9.74. The van der Waals surface area contributed by atoms with Gasteiger partial charge in [-0.05, 0) is 61.2 Å². The molecule has 3 aromatic rings. The Labute approximate surface area is 168 Å². The standard InChI is InChI=1S/C22H23F2N5/c1-15-9-12-29(13-10-15)18-5-3-17(4-6-18)26-21-8-11-25-22(28-21)27-20-7-2-16(23)14-19(20)24/h2-8,11,14-15H,9-10,12-13H2,1H3,(H2,25,26,27,28). The van der Waals surface area contributed by atoms with Crippen LogP contribution in [0, 0.1) is 17.6 Å². The molecule has 150 valence electrons. The molecule has 1 fully saturated rings. The highest BCUT2D eigenvalue weighted by atomic mass is 19.1. The second-order valence-corrected chi connectivity index (χ2v) is 7.36. The Bertz CT molecular complexity index is 969. The number of aromatic nitrogens is 2. The van der Waals surface area contributed by atoms with E-state index in [0.29, 0.717) is 5.82 Å². The lowest BCUT2D eigenvalue weighted by molar-refractivity contribution is 0.438. The molecule has 0 amide bonds. The number of benzene rings is 2. The van der Waals surface area contributed by atoms with Crippen molar-refractivity contribution >= 4 is 28.8 Å². The van der Waals surface area contributed by atoms with Gasteiger partial charge in [-0.25, -0.2) is 13.8 Å². The lowest BCUT2D eigenvalue weighted by atomic mass is 9.99. The number of rotatable bonds is 5. The minimum absolute atomic E-state index is 0.115. The zero-order valence-electron chi connectivity index (χ0n) is 16.2. The summed E-state index contributed by atoms with van der Waals surface area (Å²) in [7, 11) is 0. The molecule has 29 heavy (non-hydrogen) atoms. The van der Waals surface area contributed by atoms with Crippen molar-refractivity contribution in [3.63, 3.8) is 0 Å². The molecule has 2 N–H and O–H groups in total. The Morgan fingerprint density at radius 1 is 0.966 bits per heavy atom.